The van der Waals surface area contributed by atoms with Gasteiger partial charge in [0.15, 0.2) is 0 Å². The van der Waals surface area contributed by atoms with Crippen LogP contribution in [0.25, 0.3) is 11.1 Å². The standard InChI is InChI=1S/C30H39NO4.ClH/c32-27-21-28(35-22-23-15-17-25(18-16-23)24-11-5-3-6-12-24)26(13-7-1-2-8-14-29(33)34)30(27)31-19-9-4-10-20-31;/h1-3,5-6,11-12,15-18,26-28,30,32H,4,7-10,13-14,19-22H2,(H,33,34);1H/b2-1-;/t26-,27-,28-,30+;/m1./s1. The van der Waals surface area contributed by atoms with Gasteiger partial charge in [-0.1, -0.05) is 73.2 Å². The molecule has 1 saturated heterocycles. The van der Waals surface area contributed by atoms with E-state index in [1.165, 1.54) is 30.4 Å². The number of rotatable bonds is 11. The molecule has 2 aromatic carbocycles. The van der Waals surface area contributed by atoms with Crippen LogP contribution in [0.2, 0.25) is 0 Å². The number of hydrogen-bond acceptors (Lipinski definition) is 4. The molecular weight excluding hydrogens is 474 g/mol. The molecule has 1 aliphatic carbocycles. The predicted molar refractivity (Wildman–Crippen MR) is 146 cm³/mol. The third-order valence-electron chi connectivity index (χ3n) is 7.48. The number of benzene rings is 2. The summed E-state index contributed by atoms with van der Waals surface area (Å²) in [5.41, 5.74) is 3.55. The SMILES string of the molecule is Cl.O=C(O)CC/C=C\CC[C@H]1[C@H](N2CCCCC2)[C@H](O)C[C@H]1OCc1ccc(-c2ccccc2)cc1. The van der Waals surface area contributed by atoms with Gasteiger partial charge in [0.2, 0.25) is 0 Å². The highest BCUT2D eigenvalue weighted by atomic mass is 35.5. The van der Waals surface area contributed by atoms with Crippen molar-refractivity contribution < 1.29 is 19.7 Å². The van der Waals surface area contributed by atoms with Crippen LogP contribution in [0.5, 0.6) is 0 Å². The third-order valence-corrected chi connectivity index (χ3v) is 7.48. The number of aliphatic carboxylic acids is 1. The van der Waals surface area contributed by atoms with E-state index in [0.29, 0.717) is 19.4 Å². The molecule has 0 radical (unpaired) electrons. The molecule has 2 aliphatic rings. The lowest BCUT2D eigenvalue weighted by Crippen LogP contribution is -2.47. The maximum absolute atomic E-state index is 11.0. The Morgan fingerprint density at radius 3 is 2.31 bits per heavy atom. The molecule has 1 heterocycles. The lowest BCUT2D eigenvalue weighted by Gasteiger charge is -2.38. The first kappa shape index (κ1) is 28.4. The molecular formula is C30H40ClNO4. The summed E-state index contributed by atoms with van der Waals surface area (Å²) in [5.74, 6) is -0.486. The van der Waals surface area contributed by atoms with E-state index in [9.17, 15) is 9.90 Å². The Hall–Kier alpha value is -2.18. The molecule has 6 heteroatoms. The largest absolute Gasteiger partial charge is 0.481 e. The van der Waals surface area contributed by atoms with Gasteiger partial charge in [0.05, 0.1) is 18.8 Å². The van der Waals surface area contributed by atoms with Crippen LogP contribution in [0.3, 0.4) is 0 Å². The van der Waals surface area contributed by atoms with Crippen molar-refractivity contribution >= 4 is 18.4 Å². The highest BCUT2D eigenvalue weighted by molar-refractivity contribution is 5.85. The van der Waals surface area contributed by atoms with Gasteiger partial charge in [-0.15, -0.1) is 12.4 Å². The highest BCUT2D eigenvalue weighted by Crippen LogP contribution is 2.38. The molecule has 2 N–H and O–H groups in total. The number of carboxylic acid groups (broad SMARTS) is 1. The first-order chi connectivity index (χ1) is 17.1. The summed E-state index contributed by atoms with van der Waals surface area (Å²) in [5, 5.41) is 19.9. The second-order valence-electron chi connectivity index (χ2n) is 9.95. The number of carboxylic acids is 1. The molecule has 1 saturated carbocycles. The number of halogens is 1. The Balaban J connectivity index is 0.00000361. The fourth-order valence-electron chi connectivity index (χ4n) is 5.69. The maximum Gasteiger partial charge on any atom is 0.303 e. The molecule has 0 amide bonds. The van der Waals surface area contributed by atoms with Gasteiger partial charge >= 0.3 is 5.97 Å². The van der Waals surface area contributed by atoms with Crippen LogP contribution >= 0.6 is 12.4 Å². The van der Waals surface area contributed by atoms with E-state index in [0.717, 1.165) is 31.5 Å². The molecule has 1 aliphatic heterocycles. The van der Waals surface area contributed by atoms with Crippen molar-refractivity contribution in [1.82, 2.24) is 4.90 Å². The molecule has 196 valence electrons. The van der Waals surface area contributed by atoms with Gasteiger partial charge in [0.1, 0.15) is 0 Å². The van der Waals surface area contributed by atoms with Gasteiger partial charge in [0, 0.05) is 24.8 Å². The first-order valence-corrected chi connectivity index (χ1v) is 13.2. The Morgan fingerprint density at radius 2 is 1.61 bits per heavy atom. The fraction of sp³-hybridized carbons (Fsp3) is 0.500. The van der Waals surface area contributed by atoms with E-state index in [-0.39, 0.29) is 43.0 Å². The topological polar surface area (TPSA) is 70.0 Å². The van der Waals surface area contributed by atoms with Gasteiger partial charge in [-0.3, -0.25) is 9.69 Å². The van der Waals surface area contributed by atoms with Crippen LogP contribution in [0.1, 0.15) is 56.9 Å². The molecule has 4 rings (SSSR count). The molecule has 2 aromatic rings. The fourth-order valence-corrected chi connectivity index (χ4v) is 5.69. The van der Waals surface area contributed by atoms with Crippen LogP contribution in [0.4, 0.5) is 0 Å². The zero-order valence-electron chi connectivity index (χ0n) is 21.0. The lowest BCUT2D eigenvalue weighted by molar-refractivity contribution is -0.136. The van der Waals surface area contributed by atoms with Gasteiger partial charge in [0.25, 0.3) is 0 Å². The molecule has 4 atom stereocenters. The maximum atomic E-state index is 11.0. The Bertz CT molecular complexity index is 943. The molecule has 36 heavy (non-hydrogen) atoms. The van der Waals surface area contributed by atoms with Gasteiger partial charge in [-0.2, -0.15) is 0 Å². The van der Waals surface area contributed by atoms with Crippen molar-refractivity contribution in [2.45, 2.75) is 76.2 Å². The van der Waals surface area contributed by atoms with Crippen molar-refractivity contribution in [2.24, 2.45) is 5.92 Å². The zero-order chi connectivity index (χ0) is 24.5. The number of piperidine rings is 1. The van der Waals surface area contributed by atoms with Crippen molar-refractivity contribution in [2.75, 3.05) is 13.1 Å². The number of carbonyl (C=O) groups is 1. The molecule has 0 spiro atoms. The van der Waals surface area contributed by atoms with Crippen LogP contribution in [0.15, 0.2) is 66.7 Å². The summed E-state index contributed by atoms with van der Waals surface area (Å²) in [6.07, 6.45) is 10.6. The Morgan fingerprint density at radius 1 is 0.944 bits per heavy atom. The number of aliphatic hydroxyl groups excluding tert-OH is 1. The minimum Gasteiger partial charge on any atom is -0.481 e. The molecule has 0 unspecified atom stereocenters. The summed E-state index contributed by atoms with van der Waals surface area (Å²) in [7, 11) is 0. The summed E-state index contributed by atoms with van der Waals surface area (Å²) >= 11 is 0. The van der Waals surface area contributed by atoms with Gasteiger partial charge in [-0.25, -0.2) is 0 Å². The second-order valence-corrected chi connectivity index (χ2v) is 9.95. The van der Waals surface area contributed by atoms with Crippen molar-refractivity contribution in [3.8, 4) is 11.1 Å². The average molecular weight is 514 g/mol. The zero-order valence-corrected chi connectivity index (χ0v) is 21.8. The van der Waals surface area contributed by atoms with E-state index in [1.807, 2.05) is 12.1 Å². The summed E-state index contributed by atoms with van der Waals surface area (Å²) in [4.78, 5) is 13.2. The predicted octanol–water partition coefficient (Wildman–Crippen LogP) is 6.10. The summed E-state index contributed by atoms with van der Waals surface area (Å²) in [6.45, 7) is 2.66. The average Bonchev–Trinajstić information content (AvgIpc) is 3.20. The van der Waals surface area contributed by atoms with Crippen molar-refractivity contribution in [3.05, 3.63) is 72.3 Å². The normalized spacial score (nSPS) is 24.6. The third kappa shape index (κ3) is 7.91. The van der Waals surface area contributed by atoms with E-state index in [2.05, 4.69) is 59.5 Å². The first-order valence-electron chi connectivity index (χ1n) is 13.2. The molecule has 5 nitrogen and oxygen atoms in total. The monoisotopic (exact) mass is 513 g/mol. The number of allylic oxidation sites excluding steroid dienone is 2. The minimum absolute atomic E-state index is 0. The van der Waals surface area contributed by atoms with Crippen molar-refractivity contribution in [3.63, 3.8) is 0 Å². The number of nitrogens with zero attached hydrogens (tertiary/aromatic N) is 1. The van der Waals surface area contributed by atoms with E-state index < -0.39 is 5.97 Å². The Labute approximate surface area is 221 Å². The number of ether oxygens (including phenoxy) is 1. The quantitative estimate of drug-likeness (QED) is 0.355. The van der Waals surface area contributed by atoms with Gasteiger partial charge < -0.3 is 14.9 Å². The number of hydrogen-bond donors (Lipinski definition) is 2. The van der Waals surface area contributed by atoms with Crippen molar-refractivity contribution in [1.29, 1.82) is 0 Å². The summed E-state index contributed by atoms with van der Waals surface area (Å²) in [6, 6.07) is 19.1. The molecule has 0 bridgehead atoms. The molecule has 0 aromatic heterocycles. The van der Waals surface area contributed by atoms with E-state index >= 15 is 0 Å². The Kier molecular flexibility index (Phi) is 11.5. The summed E-state index contributed by atoms with van der Waals surface area (Å²) < 4.78 is 6.46. The smallest absolute Gasteiger partial charge is 0.303 e. The number of likely N-dealkylation sites (tertiary alicyclic amines) is 1. The highest BCUT2D eigenvalue weighted by Gasteiger charge is 2.45. The van der Waals surface area contributed by atoms with Gasteiger partial charge in [-0.05, 0) is 61.9 Å². The van der Waals surface area contributed by atoms with E-state index in [4.69, 9.17) is 9.84 Å². The van der Waals surface area contributed by atoms with Crippen LogP contribution in [-0.2, 0) is 16.1 Å². The minimum atomic E-state index is -0.760. The number of aliphatic hydroxyl groups is 1. The van der Waals surface area contributed by atoms with Crippen LogP contribution in [-0.4, -0.2) is 52.4 Å². The van der Waals surface area contributed by atoms with E-state index in [1.54, 1.807) is 0 Å². The molecule has 2 fully saturated rings. The lowest BCUT2D eigenvalue weighted by atomic mass is 9.92. The second kappa shape index (κ2) is 14.5. The van der Waals surface area contributed by atoms with Crippen LogP contribution in [0, 0.1) is 5.92 Å². The van der Waals surface area contributed by atoms with Crippen LogP contribution < -0.4 is 0 Å².